The molecule has 0 aliphatic carbocycles. The van der Waals surface area contributed by atoms with Gasteiger partial charge in [-0.2, -0.15) is 0 Å². The van der Waals surface area contributed by atoms with E-state index in [2.05, 4.69) is 5.16 Å². The van der Waals surface area contributed by atoms with Crippen LogP contribution in [0.3, 0.4) is 0 Å². The maximum absolute atomic E-state index is 5.74. The largest absolute Gasteiger partial charge is 0.361 e. The predicted octanol–water partition coefficient (Wildman–Crippen LogP) is 0.954. The van der Waals surface area contributed by atoms with Crippen molar-refractivity contribution < 1.29 is 4.52 Å². The first kappa shape index (κ1) is 7.28. The minimum atomic E-state index is -0.209. The van der Waals surface area contributed by atoms with E-state index in [1.807, 2.05) is 19.9 Å². The summed E-state index contributed by atoms with van der Waals surface area (Å²) in [7, 11) is 0. The van der Waals surface area contributed by atoms with Crippen LogP contribution in [0.5, 0.6) is 0 Å². The summed E-state index contributed by atoms with van der Waals surface area (Å²) in [6, 6.07) is 1.83. The molecule has 0 radical (unpaired) electrons. The van der Waals surface area contributed by atoms with Crippen LogP contribution in [-0.4, -0.2) is 10.7 Å². The minimum Gasteiger partial charge on any atom is -0.361 e. The molecule has 1 aromatic rings. The highest BCUT2D eigenvalue weighted by Gasteiger charge is 2.13. The lowest BCUT2D eigenvalue weighted by Crippen LogP contribution is -2.34. The number of rotatable bonds is 2. The van der Waals surface area contributed by atoms with Crippen molar-refractivity contribution in [2.45, 2.75) is 25.8 Å². The van der Waals surface area contributed by atoms with E-state index in [0.717, 1.165) is 12.2 Å². The van der Waals surface area contributed by atoms with Gasteiger partial charge in [0.15, 0.2) is 0 Å². The molecule has 0 bridgehead atoms. The third kappa shape index (κ3) is 2.19. The highest BCUT2D eigenvalue weighted by Crippen LogP contribution is 2.07. The van der Waals surface area contributed by atoms with Crippen molar-refractivity contribution in [2.24, 2.45) is 5.73 Å². The Morgan fingerprint density at radius 3 is 2.80 bits per heavy atom. The van der Waals surface area contributed by atoms with E-state index in [0.29, 0.717) is 0 Å². The van der Waals surface area contributed by atoms with Gasteiger partial charge >= 0.3 is 0 Å². The van der Waals surface area contributed by atoms with Crippen molar-refractivity contribution in [3.63, 3.8) is 0 Å². The highest BCUT2D eigenvalue weighted by molar-refractivity contribution is 4.98. The fraction of sp³-hybridized carbons (Fsp3) is 0.571. The average Bonchev–Trinajstić information content (AvgIpc) is 2.12. The number of aromatic nitrogens is 1. The monoisotopic (exact) mass is 140 g/mol. The quantitative estimate of drug-likeness (QED) is 0.665. The van der Waals surface area contributed by atoms with Gasteiger partial charge in [0.05, 0.1) is 6.20 Å². The molecule has 0 fully saturated rings. The lowest BCUT2D eigenvalue weighted by atomic mass is 10.0. The molecule has 0 aliphatic rings. The van der Waals surface area contributed by atoms with Gasteiger partial charge in [-0.3, -0.25) is 0 Å². The Morgan fingerprint density at radius 1 is 1.70 bits per heavy atom. The van der Waals surface area contributed by atoms with Gasteiger partial charge in [0, 0.05) is 18.0 Å². The Balaban J connectivity index is 2.57. The molecule has 0 saturated carbocycles. The van der Waals surface area contributed by atoms with Crippen molar-refractivity contribution in [2.75, 3.05) is 0 Å². The Labute approximate surface area is 60.2 Å². The molecule has 2 N–H and O–H groups in total. The molecule has 3 heteroatoms. The molecule has 56 valence electrons. The van der Waals surface area contributed by atoms with Crippen LogP contribution in [0.25, 0.3) is 0 Å². The van der Waals surface area contributed by atoms with Gasteiger partial charge in [-0.25, -0.2) is 0 Å². The third-order valence-corrected chi connectivity index (χ3v) is 1.12. The first-order chi connectivity index (χ1) is 4.58. The van der Waals surface area contributed by atoms with Crippen LogP contribution in [0.1, 0.15) is 19.6 Å². The van der Waals surface area contributed by atoms with Gasteiger partial charge < -0.3 is 10.3 Å². The van der Waals surface area contributed by atoms with Crippen LogP contribution in [-0.2, 0) is 6.42 Å². The Bertz CT molecular complexity index is 186. The van der Waals surface area contributed by atoms with Crippen LogP contribution in [0.15, 0.2) is 16.8 Å². The first-order valence-corrected chi connectivity index (χ1v) is 3.26. The molecule has 1 rings (SSSR count). The summed E-state index contributed by atoms with van der Waals surface area (Å²) in [6.07, 6.45) is 2.36. The Morgan fingerprint density at radius 2 is 2.40 bits per heavy atom. The van der Waals surface area contributed by atoms with Gasteiger partial charge in [-0.1, -0.05) is 5.16 Å². The molecule has 1 heterocycles. The summed E-state index contributed by atoms with van der Waals surface area (Å²) in [6.45, 7) is 3.91. The lowest BCUT2D eigenvalue weighted by Gasteiger charge is -2.15. The number of nitrogens with two attached hydrogens (primary N) is 1. The molecule has 0 saturated heterocycles. The van der Waals surface area contributed by atoms with Gasteiger partial charge in [-0.15, -0.1) is 0 Å². The van der Waals surface area contributed by atoms with Gasteiger partial charge in [0.1, 0.15) is 5.76 Å². The maximum atomic E-state index is 5.74. The summed E-state index contributed by atoms with van der Waals surface area (Å²) in [4.78, 5) is 0. The van der Waals surface area contributed by atoms with Crippen molar-refractivity contribution in [1.82, 2.24) is 5.16 Å². The standard InChI is InChI=1S/C7H12N2O/c1-7(2,8)5-6-3-4-9-10-6/h3-4H,5,8H2,1-2H3. The molecule has 0 unspecified atom stereocenters. The first-order valence-electron chi connectivity index (χ1n) is 3.26. The zero-order valence-corrected chi connectivity index (χ0v) is 6.29. The van der Waals surface area contributed by atoms with E-state index in [9.17, 15) is 0 Å². The molecule has 10 heavy (non-hydrogen) atoms. The smallest absolute Gasteiger partial charge is 0.138 e. The molecule has 0 aromatic carbocycles. The molecule has 0 amide bonds. The topological polar surface area (TPSA) is 52.0 Å². The van der Waals surface area contributed by atoms with E-state index < -0.39 is 0 Å². The average molecular weight is 140 g/mol. The second-order valence-corrected chi connectivity index (χ2v) is 3.14. The van der Waals surface area contributed by atoms with Crippen LogP contribution >= 0.6 is 0 Å². The van der Waals surface area contributed by atoms with Crippen molar-refractivity contribution in [3.05, 3.63) is 18.0 Å². The van der Waals surface area contributed by atoms with E-state index in [1.54, 1.807) is 6.20 Å². The Kier molecular flexibility index (Phi) is 1.76. The molecule has 1 aromatic heterocycles. The molecular weight excluding hydrogens is 128 g/mol. The number of nitrogens with zero attached hydrogens (tertiary/aromatic N) is 1. The second-order valence-electron chi connectivity index (χ2n) is 3.14. The number of hydrogen-bond donors (Lipinski definition) is 1. The van der Waals surface area contributed by atoms with E-state index in [4.69, 9.17) is 10.3 Å². The fourth-order valence-corrected chi connectivity index (χ4v) is 0.782. The molecule has 3 nitrogen and oxygen atoms in total. The molecule has 0 aliphatic heterocycles. The lowest BCUT2D eigenvalue weighted by molar-refractivity contribution is 0.354. The maximum Gasteiger partial charge on any atom is 0.138 e. The predicted molar refractivity (Wildman–Crippen MR) is 38.5 cm³/mol. The normalized spacial score (nSPS) is 11.9. The summed E-state index contributed by atoms with van der Waals surface area (Å²) < 4.78 is 4.88. The van der Waals surface area contributed by atoms with Gasteiger partial charge in [-0.05, 0) is 13.8 Å². The SMILES string of the molecule is CC(C)(N)Cc1ccno1. The summed E-state index contributed by atoms with van der Waals surface area (Å²) in [5.74, 6) is 0.840. The zero-order chi connectivity index (χ0) is 7.61. The van der Waals surface area contributed by atoms with Crippen molar-refractivity contribution in [1.29, 1.82) is 0 Å². The number of hydrogen-bond acceptors (Lipinski definition) is 3. The van der Waals surface area contributed by atoms with E-state index >= 15 is 0 Å². The van der Waals surface area contributed by atoms with Crippen molar-refractivity contribution >= 4 is 0 Å². The van der Waals surface area contributed by atoms with E-state index in [-0.39, 0.29) is 5.54 Å². The second kappa shape index (κ2) is 2.42. The van der Waals surface area contributed by atoms with Gasteiger partial charge in [0.2, 0.25) is 0 Å². The fourth-order valence-electron chi connectivity index (χ4n) is 0.782. The molecular formula is C7H12N2O. The summed E-state index contributed by atoms with van der Waals surface area (Å²) in [5, 5.41) is 3.58. The zero-order valence-electron chi connectivity index (χ0n) is 6.29. The van der Waals surface area contributed by atoms with Crippen LogP contribution in [0.2, 0.25) is 0 Å². The molecule has 0 atom stereocenters. The molecule has 0 spiro atoms. The van der Waals surface area contributed by atoms with Crippen LogP contribution in [0, 0.1) is 0 Å². The van der Waals surface area contributed by atoms with Gasteiger partial charge in [0.25, 0.3) is 0 Å². The van der Waals surface area contributed by atoms with Crippen molar-refractivity contribution in [3.8, 4) is 0 Å². The van der Waals surface area contributed by atoms with Crippen LogP contribution in [0.4, 0.5) is 0 Å². The van der Waals surface area contributed by atoms with Crippen LogP contribution < -0.4 is 5.73 Å². The minimum absolute atomic E-state index is 0.209. The summed E-state index contributed by atoms with van der Waals surface area (Å²) >= 11 is 0. The van der Waals surface area contributed by atoms with E-state index in [1.165, 1.54) is 0 Å². The third-order valence-electron chi connectivity index (χ3n) is 1.12. The highest BCUT2D eigenvalue weighted by atomic mass is 16.5. The Hall–Kier alpha value is -0.830. The summed E-state index contributed by atoms with van der Waals surface area (Å²) in [5.41, 5.74) is 5.53.